The second-order valence-corrected chi connectivity index (χ2v) is 6.44. The van der Waals surface area contributed by atoms with Gasteiger partial charge in [-0.1, -0.05) is 6.07 Å². The summed E-state index contributed by atoms with van der Waals surface area (Å²) in [4.78, 5) is 4.76. The van der Waals surface area contributed by atoms with Gasteiger partial charge in [0, 0.05) is 48.6 Å². The van der Waals surface area contributed by atoms with E-state index in [1.54, 1.807) is 7.11 Å². The SMILES string of the molecule is COCCOCc1cccn2nc(-c3ccc4c(c3)c(C)cn4C)nc12. The first kappa shape index (κ1) is 16.8. The minimum atomic E-state index is 0.489. The Morgan fingerprint density at radius 2 is 2.04 bits per heavy atom. The van der Waals surface area contributed by atoms with E-state index in [0.717, 1.165) is 22.6 Å². The zero-order chi connectivity index (χ0) is 18.1. The summed E-state index contributed by atoms with van der Waals surface area (Å²) in [6.07, 6.45) is 4.05. The Morgan fingerprint density at radius 3 is 2.88 bits per heavy atom. The van der Waals surface area contributed by atoms with Crippen molar-refractivity contribution in [2.75, 3.05) is 20.3 Å². The quantitative estimate of drug-likeness (QED) is 0.500. The van der Waals surface area contributed by atoms with Crippen molar-refractivity contribution >= 4 is 16.6 Å². The van der Waals surface area contributed by atoms with Crippen LogP contribution in [0.3, 0.4) is 0 Å². The van der Waals surface area contributed by atoms with Gasteiger partial charge in [0.1, 0.15) is 0 Å². The molecule has 26 heavy (non-hydrogen) atoms. The third-order valence-electron chi connectivity index (χ3n) is 4.58. The van der Waals surface area contributed by atoms with Crippen molar-refractivity contribution in [3.8, 4) is 11.4 Å². The summed E-state index contributed by atoms with van der Waals surface area (Å²) in [5.74, 6) is 0.722. The van der Waals surface area contributed by atoms with Crippen LogP contribution in [0, 0.1) is 6.92 Å². The van der Waals surface area contributed by atoms with Crippen molar-refractivity contribution < 1.29 is 9.47 Å². The van der Waals surface area contributed by atoms with Gasteiger partial charge in [0.05, 0.1) is 19.8 Å². The number of benzene rings is 1. The third kappa shape index (κ3) is 2.98. The molecule has 6 heteroatoms. The smallest absolute Gasteiger partial charge is 0.182 e. The summed E-state index contributed by atoms with van der Waals surface area (Å²) in [5, 5.41) is 5.88. The molecule has 0 atom stereocenters. The molecule has 0 saturated carbocycles. The van der Waals surface area contributed by atoms with Crippen molar-refractivity contribution in [1.29, 1.82) is 0 Å². The van der Waals surface area contributed by atoms with E-state index in [-0.39, 0.29) is 0 Å². The van der Waals surface area contributed by atoms with Gasteiger partial charge in [-0.25, -0.2) is 9.50 Å². The third-order valence-corrected chi connectivity index (χ3v) is 4.58. The largest absolute Gasteiger partial charge is 0.382 e. The average molecular weight is 350 g/mol. The highest BCUT2D eigenvalue weighted by atomic mass is 16.5. The first-order chi connectivity index (χ1) is 12.7. The summed E-state index contributed by atoms with van der Waals surface area (Å²) in [7, 11) is 3.73. The molecule has 3 heterocycles. The van der Waals surface area contributed by atoms with Crippen molar-refractivity contribution in [2.45, 2.75) is 13.5 Å². The molecule has 0 aliphatic heterocycles. The van der Waals surface area contributed by atoms with Gasteiger partial charge in [-0.3, -0.25) is 0 Å². The molecule has 3 aromatic heterocycles. The lowest BCUT2D eigenvalue weighted by Crippen LogP contribution is -2.03. The molecule has 0 aliphatic rings. The molecule has 0 spiro atoms. The van der Waals surface area contributed by atoms with E-state index in [1.165, 1.54) is 16.5 Å². The molecule has 0 fully saturated rings. The summed E-state index contributed by atoms with van der Waals surface area (Å²) in [6, 6.07) is 10.3. The number of nitrogens with zero attached hydrogens (tertiary/aromatic N) is 4. The van der Waals surface area contributed by atoms with Gasteiger partial charge < -0.3 is 14.0 Å². The van der Waals surface area contributed by atoms with Crippen LogP contribution in [-0.2, 0) is 23.1 Å². The second kappa shape index (κ2) is 6.90. The van der Waals surface area contributed by atoms with Crippen LogP contribution in [0.5, 0.6) is 0 Å². The number of fused-ring (bicyclic) bond motifs is 2. The van der Waals surface area contributed by atoms with Gasteiger partial charge in [-0.05, 0) is 36.8 Å². The lowest BCUT2D eigenvalue weighted by molar-refractivity contribution is 0.0619. The highest BCUT2D eigenvalue weighted by Crippen LogP contribution is 2.26. The fraction of sp³-hybridized carbons (Fsp3) is 0.300. The molecular weight excluding hydrogens is 328 g/mol. The summed E-state index contributed by atoms with van der Waals surface area (Å²) in [5.41, 5.74) is 5.31. The number of hydrogen-bond donors (Lipinski definition) is 0. The van der Waals surface area contributed by atoms with Crippen LogP contribution >= 0.6 is 0 Å². The Kier molecular flexibility index (Phi) is 4.44. The lowest BCUT2D eigenvalue weighted by Gasteiger charge is -2.04. The highest BCUT2D eigenvalue weighted by Gasteiger charge is 2.12. The fourth-order valence-electron chi connectivity index (χ4n) is 3.25. The van der Waals surface area contributed by atoms with Crippen LogP contribution < -0.4 is 0 Å². The molecule has 0 saturated heterocycles. The molecule has 0 unspecified atom stereocenters. The first-order valence-electron chi connectivity index (χ1n) is 8.64. The molecule has 0 bridgehead atoms. The topological polar surface area (TPSA) is 53.6 Å². The number of aromatic nitrogens is 4. The average Bonchev–Trinajstić information content (AvgIpc) is 3.20. The number of hydrogen-bond acceptors (Lipinski definition) is 4. The molecule has 0 radical (unpaired) electrons. The minimum absolute atomic E-state index is 0.489. The fourth-order valence-corrected chi connectivity index (χ4v) is 3.25. The minimum Gasteiger partial charge on any atom is -0.382 e. The Labute approximate surface area is 152 Å². The molecule has 134 valence electrons. The molecule has 4 aromatic rings. The number of methoxy groups -OCH3 is 1. The Morgan fingerprint density at radius 1 is 1.15 bits per heavy atom. The number of aryl methyl sites for hydroxylation is 2. The molecule has 1 aromatic carbocycles. The van der Waals surface area contributed by atoms with Gasteiger partial charge in [0.15, 0.2) is 11.5 Å². The molecule has 0 aliphatic carbocycles. The number of ether oxygens (including phenoxy) is 2. The van der Waals surface area contributed by atoms with Crippen molar-refractivity contribution in [3.63, 3.8) is 0 Å². The second-order valence-electron chi connectivity index (χ2n) is 6.44. The molecule has 0 N–H and O–H groups in total. The van der Waals surface area contributed by atoms with Gasteiger partial charge in [-0.2, -0.15) is 0 Å². The summed E-state index contributed by atoms with van der Waals surface area (Å²) < 4.78 is 14.6. The monoisotopic (exact) mass is 350 g/mol. The maximum absolute atomic E-state index is 5.65. The van der Waals surface area contributed by atoms with E-state index in [2.05, 4.69) is 48.0 Å². The normalized spacial score (nSPS) is 11.7. The van der Waals surface area contributed by atoms with E-state index < -0.39 is 0 Å². The summed E-state index contributed by atoms with van der Waals surface area (Å²) in [6.45, 7) is 3.75. The maximum Gasteiger partial charge on any atom is 0.182 e. The van der Waals surface area contributed by atoms with Crippen molar-refractivity contribution in [2.24, 2.45) is 7.05 Å². The lowest BCUT2D eigenvalue weighted by atomic mass is 10.1. The van der Waals surface area contributed by atoms with Crippen LogP contribution in [0.1, 0.15) is 11.1 Å². The number of rotatable bonds is 6. The summed E-state index contributed by atoms with van der Waals surface area (Å²) >= 11 is 0. The molecule has 4 rings (SSSR count). The Balaban J connectivity index is 1.70. The molecular formula is C20H22N4O2. The number of pyridine rings is 1. The van der Waals surface area contributed by atoms with Crippen LogP contribution in [-0.4, -0.2) is 39.5 Å². The van der Waals surface area contributed by atoms with Gasteiger partial charge >= 0.3 is 0 Å². The zero-order valence-corrected chi connectivity index (χ0v) is 15.3. The zero-order valence-electron chi connectivity index (χ0n) is 15.3. The van der Waals surface area contributed by atoms with Crippen molar-refractivity contribution in [1.82, 2.24) is 19.2 Å². The van der Waals surface area contributed by atoms with Gasteiger partial charge in [0.2, 0.25) is 0 Å². The predicted octanol–water partition coefficient (Wildman–Crippen LogP) is 3.36. The van der Waals surface area contributed by atoms with Crippen LogP contribution in [0.2, 0.25) is 0 Å². The van der Waals surface area contributed by atoms with E-state index in [9.17, 15) is 0 Å². The Bertz CT molecular complexity index is 1060. The van der Waals surface area contributed by atoms with Gasteiger partial charge in [0.25, 0.3) is 0 Å². The van der Waals surface area contributed by atoms with Crippen LogP contribution in [0.4, 0.5) is 0 Å². The van der Waals surface area contributed by atoms with Gasteiger partial charge in [-0.15, -0.1) is 5.10 Å². The van der Waals surface area contributed by atoms with Crippen molar-refractivity contribution in [3.05, 3.63) is 53.9 Å². The van der Waals surface area contributed by atoms with Crippen LogP contribution in [0.15, 0.2) is 42.7 Å². The molecule has 6 nitrogen and oxygen atoms in total. The predicted molar refractivity (Wildman–Crippen MR) is 101 cm³/mol. The van der Waals surface area contributed by atoms with E-state index in [0.29, 0.717) is 19.8 Å². The molecule has 0 amide bonds. The Hall–Kier alpha value is -2.70. The van der Waals surface area contributed by atoms with E-state index >= 15 is 0 Å². The first-order valence-corrected chi connectivity index (χ1v) is 8.64. The van der Waals surface area contributed by atoms with Crippen LogP contribution in [0.25, 0.3) is 27.9 Å². The highest BCUT2D eigenvalue weighted by molar-refractivity contribution is 5.87. The van der Waals surface area contributed by atoms with E-state index in [1.807, 2.05) is 22.8 Å². The van der Waals surface area contributed by atoms with E-state index in [4.69, 9.17) is 14.5 Å². The maximum atomic E-state index is 5.65. The standard InChI is InChI=1S/C20H22N4O2/c1-14-12-23(2)18-7-6-15(11-17(14)18)19-21-20-16(13-26-10-9-25-3)5-4-8-24(20)22-19/h4-8,11-12H,9-10,13H2,1-3H3.